The van der Waals surface area contributed by atoms with Crippen molar-refractivity contribution < 1.29 is 9.53 Å². The first-order valence-electron chi connectivity index (χ1n) is 9.13. The van der Waals surface area contributed by atoms with Crippen molar-refractivity contribution >= 4 is 17.3 Å². The number of nitrogens with zero attached hydrogens (tertiary/aromatic N) is 1. The zero-order chi connectivity index (χ0) is 17.1. The SMILES string of the molecule is O=C(Nc1ccc(N2CCOCC2)cc1)[C@H]1CCCc2ccccc21. The highest BCUT2D eigenvalue weighted by atomic mass is 16.5. The number of hydrogen-bond acceptors (Lipinski definition) is 3. The first-order valence-corrected chi connectivity index (χ1v) is 9.13. The normalized spacial score (nSPS) is 20.0. The summed E-state index contributed by atoms with van der Waals surface area (Å²) in [5.74, 6) is 0.0649. The monoisotopic (exact) mass is 336 g/mol. The third kappa shape index (κ3) is 3.54. The molecule has 0 aromatic heterocycles. The van der Waals surface area contributed by atoms with E-state index in [9.17, 15) is 4.79 Å². The highest BCUT2D eigenvalue weighted by Gasteiger charge is 2.26. The van der Waals surface area contributed by atoms with Crippen LogP contribution in [0.5, 0.6) is 0 Å². The summed E-state index contributed by atoms with van der Waals surface area (Å²) in [5, 5.41) is 3.10. The largest absolute Gasteiger partial charge is 0.378 e. The van der Waals surface area contributed by atoms with Gasteiger partial charge in [-0.2, -0.15) is 0 Å². The van der Waals surface area contributed by atoms with E-state index in [0.717, 1.165) is 51.3 Å². The summed E-state index contributed by atoms with van der Waals surface area (Å²) >= 11 is 0. The Bertz CT molecular complexity index is 736. The fourth-order valence-electron chi connectivity index (χ4n) is 3.83. The minimum absolute atomic E-state index is 0.0381. The predicted molar refractivity (Wildman–Crippen MR) is 100 cm³/mol. The number of anilines is 2. The third-order valence-corrected chi connectivity index (χ3v) is 5.20. The molecule has 0 radical (unpaired) electrons. The van der Waals surface area contributed by atoms with Crippen molar-refractivity contribution in [3.63, 3.8) is 0 Å². The molecule has 25 heavy (non-hydrogen) atoms. The van der Waals surface area contributed by atoms with Crippen molar-refractivity contribution in [3.05, 3.63) is 59.7 Å². The summed E-state index contributed by atoms with van der Waals surface area (Å²) in [6.45, 7) is 3.40. The second-order valence-electron chi connectivity index (χ2n) is 6.78. The van der Waals surface area contributed by atoms with E-state index in [1.807, 2.05) is 18.2 Å². The average molecular weight is 336 g/mol. The van der Waals surface area contributed by atoms with Crippen molar-refractivity contribution in [1.82, 2.24) is 0 Å². The third-order valence-electron chi connectivity index (χ3n) is 5.20. The quantitative estimate of drug-likeness (QED) is 0.931. The van der Waals surface area contributed by atoms with E-state index < -0.39 is 0 Å². The Balaban J connectivity index is 1.44. The van der Waals surface area contributed by atoms with Crippen molar-refractivity contribution in [3.8, 4) is 0 Å². The van der Waals surface area contributed by atoms with Gasteiger partial charge in [-0.3, -0.25) is 4.79 Å². The summed E-state index contributed by atoms with van der Waals surface area (Å²) in [4.78, 5) is 15.1. The molecule has 4 rings (SSSR count). The van der Waals surface area contributed by atoms with Crippen molar-refractivity contribution in [2.45, 2.75) is 25.2 Å². The highest BCUT2D eigenvalue weighted by molar-refractivity contribution is 5.96. The number of rotatable bonds is 3. The summed E-state index contributed by atoms with van der Waals surface area (Å²) in [6.07, 6.45) is 3.08. The molecular weight excluding hydrogens is 312 g/mol. The molecule has 1 amide bonds. The van der Waals surface area contributed by atoms with Crippen LogP contribution in [0, 0.1) is 0 Å². The van der Waals surface area contributed by atoms with E-state index in [4.69, 9.17) is 4.74 Å². The van der Waals surface area contributed by atoms with Gasteiger partial charge in [0, 0.05) is 24.5 Å². The van der Waals surface area contributed by atoms with Gasteiger partial charge in [-0.05, 0) is 54.7 Å². The van der Waals surface area contributed by atoms with Gasteiger partial charge < -0.3 is 15.0 Å². The number of fused-ring (bicyclic) bond motifs is 1. The second kappa shape index (κ2) is 7.28. The fourth-order valence-corrected chi connectivity index (χ4v) is 3.83. The number of carbonyl (C=O) groups excluding carboxylic acids is 1. The Hall–Kier alpha value is -2.33. The van der Waals surface area contributed by atoms with Crippen LogP contribution in [0.15, 0.2) is 48.5 Å². The molecule has 1 saturated heterocycles. The first-order chi connectivity index (χ1) is 12.3. The maximum absolute atomic E-state index is 12.8. The number of ether oxygens (including phenoxy) is 1. The van der Waals surface area contributed by atoms with Gasteiger partial charge in [-0.15, -0.1) is 0 Å². The topological polar surface area (TPSA) is 41.6 Å². The Morgan fingerprint density at radius 3 is 2.60 bits per heavy atom. The van der Waals surface area contributed by atoms with Crippen LogP contribution in [0.3, 0.4) is 0 Å². The smallest absolute Gasteiger partial charge is 0.231 e. The zero-order valence-electron chi connectivity index (χ0n) is 14.4. The molecule has 1 N–H and O–H groups in total. The van der Waals surface area contributed by atoms with Crippen LogP contribution in [0.2, 0.25) is 0 Å². The molecule has 0 bridgehead atoms. The molecule has 4 nitrogen and oxygen atoms in total. The lowest BCUT2D eigenvalue weighted by Crippen LogP contribution is -2.36. The van der Waals surface area contributed by atoms with E-state index in [-0.39, 0.29) is 11.8 Å². The number of amides is 1. The van der Waals surface area contributed by atoms with Crippen LogP contribution in [0.4, 0.5) is 11.4 Å². The van der Waals surface area contributed by atoms with Crippen molar-refractivity contribution in [1.29, 1.82) is 0 Å². The molecule has 4 heteroatoms. The van der Waals surface area contributed by atoms with Gasteiger partial charge in [-0.1, -0.05) is 24.3 Å². The number of aryl methyl sites for hydroxylation is 1. The molecule has 0 saturated carbocycles. The van der Waals surface area contributed by atoms with E-state index in [1.165, 1.54) is 16.8 Å². The molecule has 0 unspecified atom stereocenters. The van der Waals surface area contributed by atoms with Gasteiger partial charge >= 0.3 is 0 Å². The van der Waals surface area contributed by atoms with Gasteiger partial charge in [0.2, 0.25) is 5.91 Å². The minimum atomic E-state index is -0.0381. The van der Waals surface area contributed by atoms with Crippen LogP contribution in [-0.4, -0.2) is 32.2 Å². The average Bonchev–Trinajstić information content (AvgIpc) is 2.69. The van der Waals surface area contributed by atoms with Gasteiger partial charge in [-0.25, -0.2) is 0 Å². The lowest BCUT2D eigenvalue weighted by atomic mass is 9.82. The van der Waals surface area contributed by atoms with Gasteiger partial charge in [0.1, 0.15) is 0 Å². The van der Waals surface area contributed by atoms with E-state index in [2.05, 4.69) is 40.5 Å². The van der Waals surface area contributed by atoms with Gasteiger partial charge in [0.25, 0.3) is 0 Å². The first kappa shape index (κ1) is 16.2. The lowest BCUT2D eigenvalue weighted by Gasteiger charge is -2.29. The van der Waals surface area contributed by atoms with E-state index in [1.54, 1.807) is 0 Å². The molecule has 1 aliphatic heterocycles. The summed E-state index contributed by atoms with van der Waals surface area (Å²) in [7, 11) is 0. The zero-order valence-corrected chi connectivity index (χ0v) is 14.4. The molecule has 1 fully saturated rings. The molecule has 0 spiro atoms. The van der Waals surface area contributed by atoms with Crippen molar-refractivity contribution in [2.75, 3.05) is 36.5 Å². The molecule has 1 heterocycles. The molecule has 1 aliphatic carbocycles. The molecule has 130 valence electrons. The number of benzene rings is 2. The van der Waals surface area contributed by atoms with E-state index in [0.29, 0.717) is 0 Å². The Labute approximate surface area is 148 Å². The molecular formula is C21H24N2O2. The van der Waals surface area contributed by atoms with Crippen LogP contribution in [0.25, 0.3) is 0 Å². The minimum Gasteiger partial charge on any atom is -0.378 e. The molecule has 1 atom stereocenters. The lowest BCUT2D eigenvalue weighted by molar-refractivity contribution is -0.117. The number of carbonyl (C=O) groups is 1. The second-order valence-corrected chi connectivity index (χ2v) is 6.78. The van der Waals surface area contributed by atoms with Crippen LogP contribution in [-0.2, 0) is 16.0 Å². The summed E-state index contributed by atoms with van der Waals surface area (Å²) < 4.78 is 5.39. The Kier molecular flexibility index (Phi) is 4.70. The van der Waals surface area contributed by atoms with Crippen molar-refractivity contribution in [2.24, 2.45) is 0 Å². The highest BCUT2D eigenvalue weighted by Crippen LogP contribution is 2.32. The molecule has 2 aromatic carbocycles. The van der Waals surface area contributed by atoms with Gasteiger partial charge in [0.05, 0.1) is 19.1 Å². The van der Waals surface area contributed by atoms with Crippen LogP contribution < -0.4 is 10.2 Å². The maximum atomic E-state index is 12.8. The number of hydrogen-bond donors (Lipinski definition) is 1. The summed E-state index contributed by atoms with van der Waals surface area (Å²) in [5.41, 5.74) is 4.56. The molecule has 2 aliphatic rings. The molecule has 2 aromatic rings. The van der Waals surface area contributed by atoms with Gasteiger partial charge in [0.15, 0.2) is 0 Å². The fraction of sp³-hybridized carbons (Fsp3) is 0.381. The maximum Gasteiger partial charge on any atom is 0.231 e. The summed E-state index contributed by atoms with van der Waals surface area (Å²) in [6, 6.07) is 16.5. The Morgan fingerprint density at radius 1 is 1.04 bits per heavy atom. The van der Waals surface area contributed by atoms with Crippen LogP contribution in [0.1, 0.15) is 29.9 Å². The standard InChI is InChI=1S/C21H24N2O2/c24-21(20-7-3-5-16-4-1-2-6-19(16)20)22-17-8-10-18(11-9-17)23-12-14-25-15-13-23/h1-2,4,6,8-11,20H,3,5,7,12-15H2,(H,22,24)/t20-/m0/s1. The predicted octanol–water partition coefficient (Wildman–Crippen LogP) is 3.58. The number of morpholine rings is 1. The Morgan fingerprint density at radius 2 is 1.80 bits per heavy atom. The van der Waals surface area contributed by atoms with Crippen LogP contribution >= 0.6 is 0 Å². The van der Waals surface area contributed by atoms with E-state index >= 15 is 0 Å². The number of nitrogens with one attached hydrogen (secondary N) is 1.